The Bertz CT molecular complexity index is 372. The first-order chi connectivity index (χ1) is 6.65. The van der Waals surface area contributed by atoms with Crippen LogP contribution < -0.4 is 0 Å². The maximum Gasteiger partial charge on any atom is 0.335 e. The second kappa shape index (κ2) is 4.53. The quantitative estimate of drug-likeness (QED) is 0.770. The summed E-state index contributed by atoms with van der Waals surface area (Å²) in [5.41, 5.74) is 0.169. The van der Waals surface area contributed by atoms with Gasteiger partial charge >= 0.3 is 5.97 Å². The lowest BCUT2D eigenvalue weighted by molar-refractivity contribution is 0.0697. The summed E-state index contributed by atoms with van der Waals surface area (Å²) in [5, 5.41) is 17.1. The van der Waals surface area contributed by atoms with Gasteiger partial charge in [-0.25, -0.2) is 9.18 Å². The molecule has 0 saturated heterocycles. The van der Waals surface area contributed by atoms with Crippen molar-refractivity contribution in [1.29, 1.82) is 0 Å². The SMILES string of the molecule is O=C(O)c1ccc(F)c(C=CCO)c1. The van der Waals surface area contributed by atoms with E-state index in [9.17, 15) is 9.18 Å². The van der Waals surface area contributed by atoms with Crippen LogP contribution in [0.1, 0.15) is 15.9 Å². The lowest BCUT2D eigenvalue weighted by Crippen LogP contribution is -1.97. The number of aliphatic hydroxyl groups excluding tert-OH is 1. The van der Waals surface area contributed by atoms with Crippen LogP contribution in [-0.2, 0) is 0 Å². The van der Waals surface area contributed by atoms with Gasteiger partial charge in [-0.3, -0.25) is 0 Å². The van der Waals surface area contributed by atoms with Crippen LogP contribution in [0.2, 0.25) is 0 Å². The highest BCUT2D eigenvalue weighted by molar-refractivity contribution is 5.88. The normalized spacial score (nSPS) is 10.7. The fourth-order valence-corrected chi connectivity index (χ4v) is 0.984. The Morgan fingerprint density at radius 2 is 2.21 bits per heavy atom. The monoisotopic (exact) mass is 196 g/mol. The molecule has 1 rings (SSSR count). The molecule has 0 amide bonds. The molecule has 74 valence electrons. The number of carboxylic acids is 1. The van der Waals surface area contributed by atoms with Crippen LogP contribution >= 0.6 is 0 Å². The van der Waals surface area contributed by atoms with Gasteiger partial charge in [0.05, 0.1) is 12.2 Å². The van der Waals surface area contributed by atoms with Gasteiger partial charge in [0.15, 0.2) is 0 Å². The lowest BCUT2D eigenvalue weighted by atomic mass is 10.1. The van der Waals surface area contributed by atoms with Crippen LogP contribution in [0.25, 0.3) is 6.08 Å². The first-order valence-electron chi connectivity index (χ1n) is 3.95. The van der Waals surface area contributed by atoms with Crippen molar-refractivity contribution in [3.05, 3.63) is 41.2 Å². The molecule has 2 N–H and O–H groups in total. The van der Waals surface area contributed by atoms with Crippen molar-refractivity contribution in [2.75, 3.05) is 6.61 Å². The average molecular weight is 196 g/mol. The Hall–Kier alpha value is -1.68. The van der Waals surface area contributed by atoms with Crippen LogP contribution in [0, 0.1) is 5.82 Å². The topological polar surface area (TPSA) is 57.5 Å². The highest BCUT2D eigenvalue weighted by Crippen LogP contribution is 2.12. The third-order valence-electron chi connectivity index (χ3n) is 1.65. The smallest absolute Gasteiger partial charge is 0.335 e. The number of benzene rings is 1. The zero-order chi connectivity index (χ0) is 10.6. The van der Waals surface area contributed by atoms with Gasteiger partial charge in [-0.1, -0.05) is 12.2 Å². The van der Waals surface area contributed by atoms with E-state index in [1.54, 1.807) is 0 Å². The number of hydrogen-bond acceptors (Lipinski definition) is 2. The number of carbonyl (C=O) groups is 1. The molecule has 1 aromatic rings. The first kappa shape index (κ1) is 10.4. The molecule has 14 heavy (non-hydrogen) atoms. The minimum Gasteiger partial charge on any atom is -0.478 e. The van der Waals surface area contributed by atoms with Gasteiger partial charge in [-0.15, -0.1) is 0 Å². The van der Waals surface area contributed by atoms with Gasteiger partial charge in [0.2, 0.25) is 0 Å². The van der Waals surface area contributed by atoms with E-state index in [0.717, 1.165) is 6.07 Å². The summed E-state index contributed by atoms with van der Waals surface area (Å²) < 4.78 is 13.0. The first-order valence-corrected chi connectivity index (χ1v) is 3.95. The summed E-state index contributed by atoms with van der Waals surface area (Å²) >= 11 is 0. The molecule has 0 heterocycles. The molecule has 0 unspecified atom stereocenters. The summed E-state index contributed by atoms with van der Waals surface area (Å²) in [5.74, 6) is -1.62. The van der Waals surface area contributed by atoms with E-state index in [2.05, 4.69) is 0 Å². The fourth-order valence-electron chi connectivity index (χ4n) is 0.984. The van der Waals surface area contributed by atoms with Crippen molar-refractivity contribution < 1.29 is 19.4 Å². The van der Waals surface area contributed by atoms with E-state index >= 15 is 0 Å². The predicted octanol–water partition coefficient (Wildman–Crippen LogP) is 1.53. The molecule has 0 bridgehead atoms. The largest absolute Gasteiger partial charge is 0.478 e. The van der Waals surface area contributed by atoms with Crippen LogP contribution in [0.5, 0.6) is 0 Å². The number of rotatable bonds is 3. The van der Waals surface area contributed by atoms with Crippen molar-refractivity contribution in [1.82, 2.24) is 0 Å². The second-order valence-corrected chi connectivity index (χ2v) is 2.63. The highest BCUT2D eigenvalue weighted by atomic mass is 19.1. The van der Waals surface area contributed by atoms with E-state index in [4.69, 9.17) is 10.2 Å². The van der Waals surface area contributed by atoms with Crippen LogP contribution in [0.4, 0.5) is 4.39 Å². The molecule has 0 saturated carbocycles. The number of halogens is 1. The Kier molecular flexibility index (Phi) is 3.36. The molecule has 0 radical (unpaired) electrons. The molecule has 0 aliphatic rings. The lowest BCUT2D eigenvalue weighted by Gasteiger charge is -1.98. The maximum absolute atomic E-state index is 13.0. The molecule has 3 nitrogen and oxygen atoms in total. The summed E-state index contributed by atoms with van der Waals surface area (Å²) in [6.07, 6.45) is 2.67. The fraction of sp³-hybridized carbons (Fsp3) is 0.100. The Morgan fingerprint density at radius 1 is 1.50 bits per heavy atom. The average Bonchev–Trinajstić information content (AvgIpc) is 2.16. The third kappa shape index (κ3) is 2.40. The standard InChI is InChI=1S/C10H9FO3/c11-9-4-3-8(10(13)14)6-7(9)2-1-5-12/h1-4,6,12H,5H2,(H,13,14). The number of carboxylic acid groups (broad SMARTS) is 1. The molecule has 4 heteroatoms. The Balaban J connectivity index is 3.08. The van der Waals surface area contributed by atoms with Crippen molar-refractivity contribution in [2.45, 2.75) is 0 Å². The van der Waals surface area contributed by atoms with Gasteiger partial charge in [0, 0.05) is 5.56 Å². The van der Waals surface area contributed by atoms with Crippen molar-refractivity contribution in [3.63, 3.8) is 0 Å². The van der Waals surface area contributed by atoms with Crippen LogP contribution in [0.3, 0.4) is 0 Å². The molecule has 0 aliphatic heterocycles. The molecule has 1 aromatic carbocycles. The predicted molar refractivity (Wildman–Crippen MR) is 49.5 cm³/mol. The van der Waals surface area contributed by atoms with E-state index in [0.29, 0.717) is 0 Å². The highest BCUT2D eigenvalue weighted by Gasteiger charge is 2.05. The van der Waals surface area contributed by atoms with Crippen molar-refractivity contribution in [3.8, 4) is 0 Å². The maximum atomic E-state index is 13.0. The molecule has 0 atom stereocenters. The van der Waals surface area contributed by atoms with Crippen molar-refractivity contribution in [2.24, 2.45) is 0 Å². The van der Waals surface area contributed by atoms with E-state index in [1.165, 1.54) is 24.3 Å². The van der Waals surface area contributed by atoms with Crippen molar-refractivity contribution >= 4 is 12.0 Å². The summed E-state index contributed by atoms with van der Waals surface area (Å²) in [6, 6.07) is 3.48. The van der Waals surface area contributed by atoms with Gasteiger partial charge in [0.25, 0.3) is 0 Å². The Morgan fingerprint density at radius 3 is 2.79 bits per heavy atom. The minimum absolute atomic E-state index is 0.0176. The van der Waals surface area contributed by atoms with Crippen LogP contribution in [-0.4, -0.2) is 22.8 Å². The van der Waals surface area contributed by atoms with E-state index in [1.807, 2.05) is 0 Å². The zero-order valence-electron chi connectivity index (χ0n) is 7.27. The molecule has 0 fully saturated rings. The zero-order valence-corrected chi connectivity index (χ0v) is 7.27. The molecular formula is C10H9FO3. The number of aliphatic hydroxyl groups is 1. The van der Waals surface area contributed by atoms with Gasteiger partial charge in [0.1, 0.15) is 5.82 Å². The van der Waals surface area contributed by atoms with Gasteiger partial charge in [-0.2, -0.15) is 0 Å². The van der Waals surface area contributed by atoms with E-state index in [-0.39, 0.29) is 17.7 Å². The minimum atomic E-state index is -1.11. The van der Waals surface area contributed by atoms with Gasteiger partial charge in [-0.05, 0) is 18.2 Å². The number of aromatic carboxylic acids is 1. The summed E-state index contributed by atoms with van der Waals surface area (Å²) in [6.45, 7) is -0.212. The molecule has 0 aliphatic carbocycles. The van der Waals surface area contributed by atoms with Crippen LogP contribution in [0.15, 0.2) is 24.3 Å². The third-order valence-corrected chi connectivity index (χ3v) is 1.65. The molecular weight excluding hydrogens is 187 g/mol. The van der Waals surface area contributed by atoms with Gasteiger partial charge < -0.3 is 10.2 Å². The summed E-state index contributed by atoms with van der Waals surface area (Å²) in [4.78, 5) is 10.5. The number of hydrogen-bond donors (Lipinski definition) is 2. The Labute approximate surface area is 80.1 Å². The van der Waals surface area contributed by atoms with E-state index < -0.39 is 11.8 Å². The molecule has 0 aromatic heterocycles. The molecule has 0 spiro atoms. The second-order valence-electron chi connectivity index (χ2n) is 2.63. The summed E-state index contributed by atoms with van der Waals surface area (Å²) in [7, 11) is 0.